The molecule has 1 saturated heterocycles. The van der Waals surface area contributed by atoms with Crippen LogP contribution in [0.4, 0.5) is 4.79 Å². The van der Waals surface area contributed by atoms with Gasteiger partial charge in [0, 0.05) is 42.7 Å². The lowest BCUT2D eigenvalue weighted by molar-refractivity contribution is 0.0698. The van der Waals surface area contributed by atoms with E-state index in [9.17, 15) is 19.5 Å². The molecule has 1 aliphatic heterocycles. The zero-order chi connectivity index (χ0) is 37.9. The molecule has 6 aromatic rings. The Hall–Kier alpha value is -6.51. The normalized spacial score (nSPS) is 15.7. The molecule has 0 unspecified atom stereocenters. The van der Waals surface area contributed by atoms with Crippen LogP contribution in [-0.4, -0.2) is 95.3 Å². The van der Waals surface area contributed by atoms with Crippen LogP contribution in [0.3, 0.4) is 0 Å². The van der Waals surface area contributed by atoms with E-state index in [4.69, 9.17) is 14.6 Å². The molecule has 2 saturated carbocycles. The molecule has 9 rings (SSSR count). The number of carbonyl (C=O) groups is 3. The number of para-hydroxylation sites is 2. The number of H-pyrrole nitrogens is 2. The molecular weight excluding hydrogens is 704 g/mol. The van der Waals surface area contributed by atoms with Crippen molar-refractivity contribution >= 4 is 40.0 Å². The molecule has 0 spiro atoms. The number of nitrogens with zero attached hydrogens (tertiary/aromatic N) is 5. The first-order valence-electron chi connectivity index (χ1n) is 18.4. The monoisotopic (exact) mass is 744 g/mol. The van der Waals surface area contributed by atoms with Crippen LogP contribution in [0.5, 0.6) is 11.5 Å². The van der Waals surface area contributed by atoms with E-state index >= 15 is 0 Å². The maximum absolute atomic E-state index is 13.0. The maximum atomic E-state index is 13.0. The number of rotatable bonds is 11. The number of carbonyl (C=O) groups excluding carboxylic acids is 1. The van der Waals surface area contributed by atoms with Gasteiger partial charge in [-0.25, -0.2) is 29.5 Å². The molecule has 282 valence electrons. The van der Waals surface area contributed by atoms with Gasteiger partial charge in [0.05, 0.1) is 29.8 Å². The molecule has 3 aliphatic rings. The summed E-state index contributed by atoms with van der Waals surface area (Å²) in [5.41, 5.74) is 5.85. The number of hydrogen-bond acceptors (Lipinski definition) is 9. The van der Waals surface area contributed by atoms with E-state index in [1.807, 2.05) is 48.5 Å². The summed E-state index contributed by atoms with van der Waals surface area (Å²) in [7, 11) is 0. The van der Waals surface area contributed by atoms with Gasteiger partial charge in [0.25, 0.3) is 5.91 Å². The standard InChI is InChI=1S/C23H25N5O4.C17H15N3O3/c29-22(27-15-7-9-28(10-8-15)23(30)31)17-11-24-21-19(25-13-26-20(17)21)16-3-1-2-4-18(16)32-12-14-5-6-14;21-17(22)12-7-18-16-14(19-9-20-15(12)16)11-3-1-2-4-13(11)23-8-10-5-6-10/h1-4,11,13-15,24H,5-10,12H2,(H,27,29)(H,30,31);1-4,7,9-10,18H,5-6,8H2,(H,21,22). The Balaban J connectivity index is 0.000000164. The molecule has 2 aromatic carbocycles. The van der Waals surface area contributed by atoms with E-state index in [0.717, 1.165) is 22.6 Å². The number of aromatic amines is 2. The minimum Gasteiger partial charge on any atom is -0.493 e. The highest BCUT2D eigenvalue weighted by molar-refractivity contribution is 6.08. The number of aromatic carboxylic acids is 1. The zero-order valence-electron chi connectivity index (χ0n) is 29.9. The van der Waals surface area contributed by atoms with E-state index in [2.05, 4.69) is 35.2 Å². The van der Waals surface area contributed by atoms with Gasteiger partial charge in [0.2, 0.25) is 0 Å². The third kappa shape index (κ3) is 7.91. The first-order valence-corrected chi connectivity index (χ1v) is 18.4. The molecule has 15 nitrogen and oxygen atoms in total. The highest BCUT2D eigenvalue weighted by Gasteiger charge is 2.27. The van der Waals surface area contributed by atoms with Crippen LogP contribution in [0.2, 0.25) is 0 Å². The van der Waals surface area contributed by atoms with Gasteiger partial charge in [0.15, 0.2) is 0 Å². The second-order valence-electron chi connectivity index (χ2n) is 14.1. The minimum absolute atomic E-state index is 0.0686. The average molecular weight is 745 g/mol. The Morgan fingerprint density at radius 3 is 1.67 bits per heavy atom. The number of carboxylic acid groups (broad SMARTS) is 2. The number of benzene rings is 2. The fourth-order valence-electron chi connectivity index (χ4n) is 6.66. The van der Waals surface area contributed by atoms with E-state index in [0.29, 0.717) is 90.0 Å². The van der Waals surface area contributed by atoms with E-state index in [1.165, 1.54) is 49.4 Å². The Labute approximate surface area is 315 Å². The summed E-state index contributed by atoms with van der Waals surface area (Å²) < 4.78 is 12.0. The van der Waals surface area contributed by atoms with Crippen LogP contribution in [-0.2, 0) is 0 Å². The zero-order valence-corrected chi connectivity index (χ0v) is 29.9. The molecule has 55 heavy (non-hydrogen) atoms. The number of likely N-dealkylation sites (tertiary alicyclic amines) is 1. The Morgan fingerprint density at radius 2 is 1.18 bits per heavy atom. The average Bonchev–Trinajstić information content (AvgIpc) is 4.13. The van der Waals surface area contributed by atoms with Crippen LogP contribution >= 0.6 is 0 Å². The van der Waals surface area contributed by atoms with Crippen molar-refractivity contribution in [3.05, 3.63) is 84.7 Å². The molecule has 2 aliphatic carbocycles. The van der Waals surface area contributed by atoms with Crippen LogP contribution in [0.25, 0.3) is 44.6 Å². The van der Waals surface area contributed by atoms with Crippen molar-refractivity contribution in [3.8, 4) is 34.0 Å². The number of aromatic nitrogens is 6. The van der Waals surface area contributed by atoms with Gasteiger partial charge in [-0.1, -0.05) is 24.3 Å². The van der Waals surface area contributed by atoms with Crippen molar-refractivity contribution in [2.45, 2.75) is 44.6 Å². The van der Waals surface area contributed by atoms with E-state index in [1.54, 1.807) is 6.20 Å². The Kier molecular flexibility index (Phi) is 9.98. The van der Waals surface area contributed by atoms with Gasteiger partial charge >= 0.3 is 12.1 Å². The second kappa shape index (κ2) is 15.5. The largest absolute Gasteiger partial charge is 0.493 e. The molecule has 5 N–H and O–H groups in total. The van der Waals surface area contributed by atoms with Gasteiger partial charge in [-0.2, -0.15) is 0 Å². The number of nitrogens with one attached hydrogen (secondary N) is 3. The van der Waals surface area contributed by atoms with Gasteiger partial charge in [-0.3, -0.25) is 4.79 Å². The smallest absolute Gasteiger partial charge is 0.407 e. The van der Waals surface area contributed by atoms with Crippen LogP contribution in [0.15, 0.2) is 73.6 Å². The summed E-state index contributed by atoms with van der Waals surface area (Å²) in [4.78, 5) is 60.1. The van der Waals surface area contributed by atoms with Gasteiger partial charge in [-0.05, 0) is 74.6 Å². The van der Waals surface area contributed by atoms with Crippen LogP contribution in [0, 0.1) is 11.8 Å². The lowest BCUT2D eigenvalue weighted by Crippen LogP contribution is -2.46. The van der Waals surface area contributed by atoms with E-state index in [-0.39, 0.29) is 17.5 Å². The van der Waals surface area contributed by atoms with Crippen molar-refractivity contribution in [3.63, 3.8) is 0 Å². The molecule has 2 amide bonds. The fraction of sp³-hybridized carbons (Fsp3) is 0.325. The summed E-state index contributed by atoms with van der Waals surface area (Å²) in [6.45, 7) is 2.23. The van der Waals surface area contributed by atoms with Crippen LogP contribution in [0.1, 0.15) is 59.2 Å². The molecule has 0 bridgehead atoms. The molecule has 3 fully saturated rings. The van der Waals surface area contributed by atoms with Gasteiger partial charge in [0.1, 0.15) is 52.1 Å². The SMILES string of the molecule is O=C(NC1CCN(C(=O)O)CC1)c1c[nH]c2c(-c3ccccc3OCC3CC3)ncnc12.O=C(O)c1c[nH]c2c(-c3ccccc3OCC3CC3)ncnc12. The van der Waals surface area contributed by atoms with Gasteiger partial charge < -0.3 is 39.9 Å². The van der Waals surface area contributed by atoms with Crippen molar-refractivity contribution in [2.24, 2.45) is 11.8 Å². The first kappa shape index (κ1) is 35.5. The Morgan fingerprint density at radius 1 is 0.691 bits per heavy atom. The first-order chi connectivity index (χ1) is 26.8. The fourth-order valence-corrected chi connectivity index (χ4v) is 6.66. The molecule has 4 aromatic heterocycles. The number of piperidine rings is 1. The van der Waals surface area contributed by atoms with E-state index < -0.39 is 12.1 Å². The second-order valence-corrected chi connectivity index (χ2v) is 14.1. The quantitative estimate of drug-likeness (QED) is 0.0981. The lowest BCUT2D eigenvalue weighted by atomic mass is 10.0. The number of amides is 2. The molecule has 5 heterocycles. The molecule has 15 heteroatoms. The number of fused-ring (bicyclic) bond motifs is 2. The highest BCUT2D eigenvalue weighted by Crippen LogP contribution is 2.37. The number of ether oxygens (including phenoxy) is 2. The predicted octanol–water partition coefficient (Wildman–Crippen LogP) is 6.40. The summed E-state index contributed by atoms with van der Waals surface area (Å²) in [5, 5.41) is 21.3. The summed E-state index contributed by atoms with van der Waals surface area (Å²) in [6.07, 6.45) is 11.1. The third-order valence-corrected chi connectivity index (χ3v) is 10.1. The topological polar surface area (TPSA) is 209 Å². The summed E-state index contributed by atoms with van der Waals surface area (Å²) >= 11 is 0. The highest BCUT2D eigenvalue weighted by atomic mass is 16.5. The van der Waals surface area contributed by atoms with Crippen LogP contribution < -0.4 is 14.8 Å². The molecule has 0 atom stereocenters. The van der Waals surface area contributed by atoms with Gasteiger partial charge in [-0.15, -0.1) is 0 Å². The molecular formula is C40H40N8O7. The summed E-state index contributed by atoms with van der Waals surface area (Å²) in [5.74, 6) is 1.57. The van der Waals surface area contributed by atoms with Crippen molar-refractivity contribution in [1.29, 1.82) is 0 Å². The summed E-state index contributed by atoms with van der Waals surface area (Å²) in [6, 6.07) is 15.4. The van der Waals surface area contributed by atoms with Crippen molar-refractivity contribution in [1.82, 2.24) is 40.1 Å². The third-order valence-electron chi connectivity index (χ3n) is 10.1. The predicted molar refractivity (Wildman–Crippen MR) is 202 cm³/mol. The number of carboxylic acids is 1. The molecule has 0 radical (unpaired) electrons. The van der Waals surface area contributed by atoms with Crippen molar-refractivity contribution in [2.75, 3.05) is 26.3 Å². The maximum Gasteiger partial charge on any atom is 0.407 e. The van der Waals surface area contributed by atoms with Crippen molar-refractivity contribution < 1.29 is 34.1 Å². The Bertz CT molecular complexity index is 2360. The minimum atomic E-state index is -1.01. The lowest BCUT2D eigenvalue weighted by Gasteiger charge is -2.30. The number of hydrogen-bond donors (Lipinski definition) is 5.